The fraction of sp³-hybridized carbons (Fsp3) is 0.368. The van der Waals surface area contributed by atoms with E-state index in [-0.39, 0.29) is 0 Å². The first-order chi connectivity index (χ1) is 10.7. The van der Waals surface area contributed by atoms with Gasteiger partial charge in [0, 0.05) is 9.79 Å². The largest absolute Gasteiger partial charge is 0.334 e. The standard InChI is InChI=1S/C19H24N2S/c1-4-20(5-2)15(3)14-21-16-10-6-8-12-18(16)22-19-13-9-7-11-17(19)21/h6-13,15H,4-5,14H2,1-3H3/p+1/t15-/m0/s1. The van der Waals surface area contributed by atoms with E-state index < -0.39 is 0 Å². The summed E-state index contributed by atoms with van der Waals surface area (Å²) in [5, 5.41) is 0. The molecule has 3 heteroatoms. The van der Waals surface area contributed by atoms with Crippen LogP contribution in [0.5, 0.6) is 0 Å². The number of para-hydroxylation sites is 2. The van der Waals surface area contributed by atoms with Gasteiger partial charge in [-0.05, 0) is 45.0 Å². The Balaban J connectivity index is 1.96. The molecule has 0 aliphatic carbocycles. The highest BCUT2D eigenvalue weighted by Gasteiger charge is 2.26. The van der Waals surface area contributed by atoms with E-state index in [2.05, 4.69) is 74.2 Å². The molecule has 22 heavy (non-hydrogen) atoms. The molecule has 0 fully saturated rings. The number of fused-ring (bicyclic) bond motifs is 2. The lowest BCUT2D eigenvalue weighted by Gasteiger charge is -2.36. The molecule has 0 radical (unpaired) electrons. The van der Waals surface area contributed by atoms with Gasteiger partial charge in [0.15, 0.2) is 0 Å². The first-order valence-electron chi connectivity index (χ1n) is 8.22. The van der Waals surface area contributed by atoms with Crippen molar-refractivity contribution in [3.8, 4) is 0 Å². The summed E-state index contributed by atoms with van der Waals surface area (Å²) >= 11 is 1.88. The van der Waals surface area contributed by atoms with Crippen LogP contribution in [0.25, 0.3) is 0 Å². The van der Waals surface area contributed by atoms with Crippen molar-refractivity contribution in [2.45, 2.75) is 36.6 Å². The van der Waals surface area contributed by atoms with E-state index in [1.807, 2.05) is 11.8 Å². The predicted molar refractivity (Wildman–Crippen MR) is 95.5 cm³/mol. The van der Waals surface area contributed by atoms with E-state index in [1.54, 1.807) is 4.90 Å². The topological polar surface area (TPSA) is 7.68 Å². The lowest BCUT2D eigenvalue weighted by atomic mass is 10.1. The average molecular weight is 313 g/mol. The van der Waals surface area contributed by atoms with Crippen molar-refractivity contribution < 1.29 is 4.90 Å². The molecule has 0 saturated carbocycles. The molecule has 2 aromatic rings. The second kappa shape index (κ2) is 6.76. The number of likely N-dealkylation sites (N-methyl/N-ethyl adjacent to an activating group) is 1. The smallest absolute Gasteiger partial charge is 0.103 e. The van der Waals surface area contributed by atoms with Crippen LogP contribution in [-0.4, -0.2) is 25.7 Å². The summed E-state index contributed by atoms with van der Waals surface area (Å²) in [5.74, 6) is 0. The first-order valence-corrected chi connectivity index (χ1v) is 9.04. The van der Waals surface area contributed by atoms with Gasteiger partial charge in [0.05, 0.1) is 31.0 Å². The number of quaternary nitrogens is 1. The molecule has 116 valence electrons. The van der Waals surface area contributed by atoms with Crippen molar-refractivity contribution in [2.24, 2.45) is 0 Å². The second-order valence-corrected chi connectivity index (χ2v) is 7.00. The first kappa shape index (κ1) is 15.4. The highest BCUT2D eigenvalue weighted by molar-refractivity contribution is 7.99. The molecular weight excluding hydrogens is 288 g/mol. The second-order valence-electron chi connectivity index (χ2n) is 5.91. The van der Waals surface area contributed by atoms with E-state index in [9.17, 15) is 0 Å². The summed E-state index contributed by atoms with van der Waals surface area (Å²) in [6.45, 7) is 10.4. The van der Waals surface area contributed by atoms with Gasteiger partial charge in [0.25, 0.3) is 0 Å². The van der Waals surface area contributed by atoms with Crippen molar-refractivity contribution >= 4 is 23.1 Å². The Labute approximate surface area is 138 Å². The molecule has 1 N–H and O–H groups in total. The van der Waals surface area contributed by atoms with Gasteiger partial charge in [-0.15, -0.1) is 0 Å². The molecule has 0 spiro atoms. The number of hydrogen-bond donors (Lipinski definition) is 1. The molecule has 1 heterocycles. The quantitative estimate of drug-likeness (QED) is 0.902. The third-order valence-corrected chi connectivity index (χ3v) is 5.72. The maximum atomic E-state index is 2.51. The van der Waals surface area contributed by atoms with Crippen LogP contribution in [0.4, 0.5) is 11.4 Å². The van der Waals surface area contributed by atoms with Crippen LogP contribution in [0, 0.1) is 0 Å². The highest BCUT2D eigenvalue weighted by Crippen LogP contribution is 2.47. The SMILES string of the molecule is CC[NH+](CC)[C@@H](C)CN1c2ccccc2Sc2ccccc21. The monoisotopic (exact) mass is 313 g/mol. The molecule has 0 saturated heterocycles. The maximum absolute atomic E-state index is 2.51. The zero-order valence-corrected chi connectivity index (χ0v) is 14.5. The van der Waals surface area contributed by atoms with Crippen molar-refractivity contribution in [1.29, 1.82) is 0 Å². The minimum absolute atomic E-state index is 0.610. The minimum Gasteiger partial charge on any atom is -0.334 e. The number of nitrogens with zero attached hydrogens (tertiary/aromatic N) is 1. The molecule has 0 unspecified atom stereocenters. The van der Waals surface area contributed by atoms with Crippen molar-refractivity contribution in [3.05, 3.63) is 48.5 Å². The van der Waals surface area contributed by atoms with Gasteiger partial charge < -0.3 is 9.80 Å². The summed E-state index contributed by atoms with van der Waals surface area (Å²) in [7, 11) is 0. The molecule has 1 aliphatic rings. The lowest BCUT2D eigenvalue weighted by molar-refractivity contribution is -0.918. The zero-order chi connectivity index (χ0) is 15.5. The van der Waals surface area contributed by atoms with E-state index in [1.165, 1.54) is 34.3 Å². The molecule has 3 rings (SSSR count). The molecule has 0 amide bonds. The van der Waals surface area contributed by atoms with Crippen LogP contribution in [0.1, 0.15) is 20.8 Å². The van der Waals surface area contributed by atoms with Gasteiger partial charge in [-0.3, -0.25) is 0 Å². The Morgan fingerprint density at radius 3 is 1.91 bits per heavy atom. The Hall–Kier alpha value is -1.45. The number of anilines is 2. The Kier molecular flexibility index (Phi) is 4.74. The van der Waals surface area contributed by atoms with Gasteiger partial charge >= 0.3 is 0 Å². The van der Waals surface area contributed by atoms with Crippen LogP contribution < -0.4 is 9.80 Å². The van der Waals surface area contributed by atoms with Crippen LogP contribution in [0.3, 0.4) is 0 Å². The molecule has 2 aromatic carbocycles. The third kappa shape index (κ3) is 2.88. The van der Waals surface area contributed by atoms with Gasteiger partial charge in [-0.1, -0.05) is 36.0 Å². The van der Waals surface area contributed by atoms with Gasteiger partial charge in [0.1, 0.15) is 6.04 Å². The van der Waals surface area contributed by atoms with Crippen LogP contribution in [0.2, 0.25) is 0 Å². The van der Waals surface area contributed by atoms with Crippen molar-refractivity contribution in [2.75, 3.05) is 24.5 Å². The van der Waals surface area contributed by atoms with Crippen LogP contribution >= 0.6 is 11.8 Å². The Bertz CT molecular complexity index is 591. The number of hydrogen-bond acceptors (Lipinski definition) is 2. The summed E-state index contributed by atoms with van der Waals surface area (Å²) in [6.07, 6.45) is 0. The third-order valence-electron chi connectivity index (χ3n) is 4.59. The molecule has 2 nitrogen and oxygen atoms in total. The Morgan fingerprint density at radius 2 is 1.41 bits per heavy atom. The fourth-order valence-corrected chi connectivity index (χ4v) is 4.42. The Morgan fingerprint density at radius 1 is 0.909 bits per heavy atom. The molecule has 1 atom stereocenters. The van der Waals surface area contributed by atoms with Crippen LogP contribution in [-0.2, 0) is 0 Å². The minimum atomic E-state index is 0.610. The van der Waals surface area contributed by atoms with Gasteiger partial charge in [-0.25, -0.2) is 0 Å². The molecule has 0 bridgehead atoms. The van der Waals surface area contributed by atoms with E-state index in [0.29, 0.717) is 6.04 Å². The van der Waals surface area contributed by atoms with E-state index >= 15 is 0 Å². The molecule has 0 aromatic heterocycles. The average Bonchev–Trinajstić information content (AvgIpc) is 2.55. The molecular formula is C19H25N2S+. The van der Waals surface area contributed by atoms with Crippen molar-refractivity contribution in [1.82, 2.24) is 0 Å². The van der Waals surface area contributed by atoms with Crippen molar-refractivity contribution in [3.63, 3.8) is 0 Å². The normalized spacial score (nSPS) is 14.6. The van der Waals surface area contributed by atoms with Gasteiger partial charge in [-0.2, -0.15) is 0 Å². The zero-order valence-electron chi connectivity index (χ0n) is 13.7. The van der Waals surface area contributed by atoms with Crippen LogP contribution in [0.15, 0.2) is 58.3 Å². The number of nitrogens with one attached hydrogen (secondary N) is 1. The maximum Gasteiger partial charge on any atom is 0.103 e. The van der Waals surface area contributed by atoms with E-state index in [4.69, 9.17) is 0 Å². The fourth-order valence-electron chi connectivity index (χ4n) is 3.33. The number of benzene rings is 2. The summed E-state index contributed by atoms with van der Waals surface area (Å²) in [6, 6.07) is 18.2. The number of rotatable bonds is 5. The summed E-state index contributed by atoms with van der Waals surface area (Å²) < 4.78 is 0. The summed E-state index contributed by atoms with van der Waals surface area (Å²) in [5.41, 5.74) is 2.70. The lowest BCUT2D eigenvalue weighted by Crippen LogP contribution is -3.15. The van der Waals surface area contributed by atoms with E-state index in [0.717, 1.165) is 6.54 Å². The predicted octanol–water partition coefficient (Wildman–Crippen LogP) is 3.60. The highest BCUT2D eigenvalue weighted by atomic mass is 32.2. The summed E-state index contributed by atoms with van der Waals surface area (Å²) in [4.78, 5) is 6.90. The molecule has 1 aliphatic heterocycles. The van der Waals surface area contributed by atoms with Gasteiger partial charge in [0.2, 0.25) is 0 Å².